The van der Waals surface area contributed by atoms with Gasteiger partial charge in [0.2, 0.25) is 10.0 Å². The summed E-state index contributed by atoms with van der Waals surface area (Å²) in [4.78, 5) is 0.272. The van der Waals surface area contributed by atoms with E-state index in [4.69, 9.17) is 5.11 Å². The first-order valence-corrected chi connectivity index (χ1v) is 8.86. The molecule has 1 aliphatic rings. The van der Waals surface area contributed by atoms with E-state index in [-0.39, 0.29) is 11.5 Å². The van der Waals surface area contributed by atoms with E-state index in [0.29, 0.717) is 30.3 Å². The van der Waals surface area contributed by atoms with Gasteiger partial charge in [-0.3, -0.25) is 4.68 Å². The molecule has 0 aromatic carbocycles. The van der Waals surface area contributed by atoms with Crippen LogP contribution in [-0.4, -0.2) is 35.5 Å². The maximum Gasteiger partial charge on any atom is 0.244 e. The van der Waals surface area contributed by atoms with Gasteiger partial charge in [-0.25, -0.2) is 13.1 Å². The maximum absolute atomic E-state index is 12.7. The van der Waals surface area contributed by atoms with Gasteiger partial charge in [0.1, 0.15) is 4.90 Å². The monoisotopic (exact) mass is 315 g/mol. The molecule has 0 atom stereocenters. The summed E-state index contributed by atoms with van der Waals surface area (Å²) in [6, 6.07) is 0. The van der Waals surface area contributed by atoms with Crippen LogP contribution in [-0.2, 0) is 16.6 Å². The van der Waals surface area contributed by atoms with Gasteiger partial charge in [-0.2, -0.15) is 5.10 Å². The predicted octanol–water partition coefficient (Wildman–Crippen LogP) is 1.35. The molecule has 6 nitrogen and oxygen atoms in total. The number of rotatable bonds is 7. The Morgan fingerprint density at radius 2 is 2.00 bits per heavy atom. The summed E-state index contributed by atoms with van der Waals surface area (Å²) in [5, 5.41) is 13.2. The number of aromatic nitrogens is 2. The van der Waals surface area contributed by atoms with E-state index in [1.54, 1.807) is 18.5 Å². The van der Waals surface area contributed by atoms with Crippen LogP contribution in [0.2, 0.25) is 0 Å². The third-order valence-corrected chi connectivity index (χ3v) is 6.03. The van der Waals surface area contributed by atoms with Crippen molar-refractivity contribution in [2.75, 3.05) is 6.61 Å². The van der Waals surface area contributed by atoms with Gasteiger partial charge in [0.25, 0.3) is 0 Å². The minimum atomic E-state index is -3.58. The molecule has 0 bridgehead atoms. The number of nitrogens with zero attached hydrogens (tertiary/aromatic N) is 2. The fourth-order valence-corrected chi connectivity index (χ4v) is 4.68. The highest BCUT2D eigenvalue weighted by Gasteiger charge is 2.41. The Bertz CT molecular complexity index is 616. The Morgan fingerprint density at radius 3 is 2.52 bits per heavy atom. The Balaban J connectivity index is 2.29. The van der Waals surface area contributed by atoms with Crippen LogP contribution < -0.4 is 4.72 Å². The van der Waals surface area contributed by atoms with Crippen LogP contribution in [0.1, 0.15) is 44.5 Å². The van der Waals surface area contributed by atoms with Crippen molar-refractivity contribution < 1.29 is 13.5 Å². The smallest absolute Gasteiger partial charge is 0.244 e. The quantitative estimate of drug-likeness (QED) is 0.795. The molecule has 1 aliphatic carbocycles. The standard InChI is InChI=1S/C14H25N3O3S/c1-10-13(11(2)17(15-10)8-5-9-18)21(19,20)16-14(3,4)12-6-7-12/h12,16,18H,5-9H2,1-4H3. The van der Waals surface area contributed by atoms with Crippen LogP contribution in [0, 0.1) is 19.8 Å². The molecular weight excluding hydrogens is 290 g/mol. The molecule has 1 aromatic rings. The fraction of sp³-hybridized carbons (Fsp3) is 0.786. The Hall–Kier alpha value is -0.920. The summed E-state index contributed by atoms with van der Waals surface area (Å²) in [6.07, 6.45) is 2.70. The van der Waals surface area contributed by atoms with Gasteiger partial charge in [0.05, 0.1) is 11.4 Å². The lowest BCUT2D eigenvalue weighted by Crippen LogP contribution is -2.45. The zero-order valence-corrected chi connectivity index (χ0v) is 14.0. The molecule has 2 rings (SSSR count). The summed E-state index contributed by atoms with van der Waals surface area (Å²) in [5.41, 5.74) is 0.704. The SMILES string of the molecule is Cc1nn(CCCO)c(C)c1S(=O)(=O)NC(C)(C)C1CC1. The molecular formula is C14H25N3O3S. The van der Waals surface area contributed by atoms with Gasteiger partial charge >= 0.3 is 0 Å². The zero-order valence-electron chi connectivity index (χ0n) is 13.2. The van der Waals surface area contributed by atoms with Crippen molar-refractivity contribution in [3.63, 3.8) is 0 Å². The van der Waals surface area contributed by atoms with E-state index in [9.17, 15) is 8.42 Å². The molecule has 0 saturated heterocycles. The molecule has 120 valence electrons. The molecule has 1 heterocycles. The second kappa shape index (κ2) is 5.70. The van der Waals surface area contributed by atoms with Gasteiger partial charge in [-0.1, -0.05) is 0 Å². The van der Waals surface area contributed by atoms with E-state index in [0.717, 1.165) is 12.8 Å². The van der Waals surface area contributed by atoms with E-state index in [2.05, 4.69) is 9.82 Å². The molecule has 0 amide bonds. The normalized spacial score (nSPS) is 16.4. The lowest BCUT2D eigenvalue weighted by molar-refractivity contribution is 0.276. The zero-order chi connectivity index (χ0) is 15.8. The number of aliphatic hydroxyl groups is 1. The highest BCUT2D eigenvalue weighted by Crippen LogP contribution is 2.40. The summed E-state index contributed by atoms with van der Waals surface area (Å²) >= 11 is 0. The van der Waals surface area contributed by atoms with E-state index in [1.165, 1.54) is 0 Å². The van der Waals surface area contributed by atoms with Crippen LogP contribution in [0.25, 0.3) is 0 Å². The van der Waals surface area contributed by atoms with E-state index < -0.39 is 15.6 Å². The van der Waals surface area contributed by atoms with Crippen LogP contribution in [0.4, 0.5) is 0 Å². The predicted molar refractivity (Wildman–Crippen MR) is 80.5 cm³/mol. The third kappa shape index (κ3) is 3.46. The van der Waals surface area contributed by atoms with Gasteiger partial charge in [-0.05, 0) is 52.9 Å². The fourth-order valence-electron chi connectivity index (χ4n) is 2.79. The van der Waals surface area contributed by atoms with Crippen molar-refractivity contribution in [2.24, 2.45) is 5.92 Å². The first kappa shape index (κ1) is 16.5. The summed E-state index contributed by atoms with van der Waals surface area (Å²) < 4.78 is 29.9. The van der Waals surface area contributed by atoms with Gasteiger partial charge in [0, 0.05) is 18.7 Å². The van der Waals surface area contributed by atoms with Gasteiger partial charge in [-0.15, -0.1) is 0 Å². The molecule has 0 radical (unpaired) electrons. The average Bonchev–Trinajstić information content (AvgIpc) is 3.13. The lowest BCUT2D eigenvalue weighted by Gasteiger charge is -2.25. The molecule has 1 fully saturated rings. The number of hydrogen-bond donors (Lipinski definition) is 2. The van der Waals surface area contributed by atoms with Crippen molar-refractivity contribution in [3.8, 4) is 0 Å². The number of hydrogen-bond acceptors (Lipinski definition) is 4. The van der Waals surface area contributed by atoms with Gasteiger partial charge in [0.15, 0.2) is 0 Å². The van der Waals surface area contributed by atoms with E-state index >= 15 is 0 Å². The Kier molecular flexibility index (Phi) is 4.46. The number of aryl methyl sites for hydroxylation is 2. The van der Waals surface area contributed by atoms with Crippen LogP contribution >= 0.6 is 0 Å². The summed E-state index contributed by atoms with van der Waals surface area (Å²) in [7, 11) is -3.58. The van der Waals surface area contributed by atoms with Crippen LogP contribution in [0.3, 0.4) is 0 Å². The number of nitrogens with one attached hydrogen (secondary N) is 1. The first-order chi connectivity index (χ1) is 9.69. The van der Waals surface area contributed by atoms with Gasteiger partial charge < -0.3 is 5.11 Å². The third-order valence-electron chi connectivity index (χ3n) is 4.11. The minimum absolute atomic E-state index is 0.0629. The van der Waals surface area contributed by atoms with Crippen LogP contribution in [0.5, 0.6) is 0 Å². The lowest BCUT2D eigenvalue weighted by atomic mass is 10.0. The maximum atomic E-state index is 12.7. The van der Waals surface area contributed by atoms with Crippen molar-refractivity contribution in [2.45, 2.75) is 63.9 Å². The number of sulfonamides is 1. The molecule has 2 N–H and O–H groups in total. The second-order valence-electron chi connectivity index (χ2n) is 6.40. The minimum Gasteiger partial charge on any atom is -0.396 e. The van der Waals surface area contributed by atoms with Crippen molar-refractivity contribution in [1.82, 2.24) is 14.5 Å². The molecule has 0 unspecified atom stereocenters. The molecule has 0 aliphatic heterocycles. The largest absolute Gasteiger partial charge is 0.396 e. The Morgan fingerprint density at radius 1 is 1.38 bits per heavy atom. The summed E-state index contributed by atoms with van der Waals surface area (Å²) in [6.45, 7) is 7.92. The topological polar surface area (TPSA) is 84.2 Å². The molecule has 1 saturated carbocycles. The molecule has 21 heavy (non-hydrogen) atoms. The number of aliphatic hydroxyl groups excluding tert-OH is 1. The first-order valence-electron chi connectivity index (χ1n) is 7.38. The summed E-state index contributed by atoms with van der Waals surface area (Å²) in [5.74, 6) is 0.414. The molecule has 1 aromatic heterocycles. The molecule has 7 heteroatoms. The second-order valence-corrected chi connectivity index (χ2v) is 8.02. The Labute approximate surface area is 126 Å². The average molecular weight is 315 g/mol. The van der Waals surface area contributed by atoms with Crippen molar-refractivity contribution in [1.29, 1.82) is 0 Å². The van der Waals surface area contributed by atoms with Crippen molar-refractivity contribution >= 4 is 10.0 Å². The van der Waals surface area contributed by atoms with E-state index in [1.807, 2.05) is 13.8 Å². The highest BCUT2D eigenvalue weighted by molar-refractivity contribution is 7.89. The molecule has 0 spiro atoms. The van der Waals surface area contributed by atoms with Crippen molar-refractivity contribution in [3.05, 3.63) is 11.4 Å². The highest BCUT2D eigenvalue weighted by atomic mass is 32.2. The van der Waals surface area contributed by atoms with Crippen LogP contribution in [0.15, 0.2) is 4.90 Å².